The van der Waals surface area contributed by atoms with Gasteiger partial charge in [-0.2, -0.15) is 0 Å². The van der Waals surface area contributed by atoms with Crippen LogP contribution >= 0.6 is 23.2 Å². The fraction of sp³-hybridized carbons (Fsp3) is 0.560. The quantitative estimate of drug-likeness (QED) is 0.504. The summed E-state index contributed by atoms with van der Waals surface area (Å²) in [5.41, 5.74) is 0.728. The van der Waals surface area contributed by atoms with Crippen molar-refractivity contribution >= 4 is 47.0 Å². The minimum absolute atomic E-state index is 0.0270. The van der Waals surface area contributed by atoms with Crippen molar-refractivity contribution in [2.45, 2.75) is 38.1 Å². The van der Waals surface area contributed by atoms with Gasteiger partial charge in [-0.15, -0.1) is 0 Å². The first-order valence-electron chi connectivity index (χ1n) is 11.9. The van der Waals surface area contributed by atoms with Crippen molar-refractivity contribution in [1.29, 1.82) is 0 Å². The lowest BCUT2D eigenvalue weighted by Crippen LogP contribution is -2.59. The molecule has 1 aromatic carbocycles. The summed E-state index contributed by atoms with van der Waals surface area (Å²) in [6, 6.07) is 4.30. The number of nitrogens with zero attached hydrogens (tertiary/aromatic N) is 4. The van der Waals surface area contributed by atoms with E-state index in [2.05, 4.69) is 4.90 Å². The van der Waals surface area contributed by atoms with Crippen LogP contribution in [0, 0.1) is 0 Å². The van der Waals surface area contributed by atoms with E-state index in [1.54, 1.807) is 38.4 Å². The predicted octanol–water partition coefficient (Wildman–Crippen LogP) is 3.40. The number of halogens is 2. The fourth-order valence-corrected chi connectivity index (χ4v) is 4.72. The van der Waals surface area contributed by atoms with Gasteiger partial charge in [0, 0.05) is 39.8 Å². The highest BCUT2D eigenvalue weighted by Crippen LogP contribution is 2.23. The van der Waals surface area contributed by atoms with Gasteiger partial charge in [-0.05, 0) is 62.7 Å². The molecule has 2 heterocycles. The van der Waals surface area contributed by atoms with E-state index in [-0.39, 0.29) is 24.1 Å². The van der Waals surface area contributed by atoms with Crippen LogP contribution in [0.1, 0.15) is 37.7 Å². The van der Waals surface area contributed by atoms with Gasteiger partial charge in [0.1, 0.15) is 6.04 Å². The molecule has 1 aromatic rings. The summed E-state index contributed by atoms with van der Waals surface area (Å²) in [5.74, 6) is -0.639. The van der Waals surface area contributed by atoms with E-state index in [9.17, 15) is 14.4 Å². The Morgan fingerprint density at radius 3 is 2.44 bits per heavy atom. The van der Waals surface area contributed by atoms with Crippen LogP contribution in [-0.4, -0.2) is 96.7 Å². The minimum Gasteiger partial charge on any atom is -0.349 e. The molecular formula is C25H34Cl2N4O3. The molecule has 3 amide bonds. The maximum Gasteiger partial charge on any atom is 0.247 e. The molecule has 9 heteroatoms. The first kappa shape index (κ1) is 26.5. The van der Waals surface area contributed by atoms with Gasteiger partial charge in [0.15, 0.2) is 0 Å². The highest BCUT2D eigenvalue weighted by Gasteiger charge is 2.38. The van der Waals surface area contributed by atoms with Crippen molar-refractivity contribution in [3.63, 3.8) is 0 Å². The fourth-order valence-electron chi connectivity index (χ4n) is 4.42. The van der Waals surface area contributed by atoms with Crippen LogP contribution in [0.15, 0.2) is 24.3 Å². The van der Waals surface area contributed by atoms with E-state index in [1.807, 2.05) is 4.90 Å². The van der Waals surface area contributed by atoms with Gasteiger partial charge in [-0.25, -0.2) is 0 Å². The second-order valence-corrected chi connectivity index (χ2v) is 9.94. The molecule has 0 aliphatic carbocycles. The third-order valence-corrected chi connectivity index (χ3v) is 7.19. The zero-order valence-corrected chi connectivity index (χ0v) is 21.5. The maximum atomic E-state index is 13.3. The molecule has 2 fully saturated rings. The third kappa shape index (κ3) is 7.20. The average molecular weight is 509 g/mol. The molecule has 0 aromatic heterocycles. The molecule has 2 aliphatic heterocycles. The Morgan fingerprint density at radius 1 is 1.03 bits per heavy atom. The van der Waals surface area contributed by atoms with E-state index < -0.39 is 6.04 Å². The van der Waals surface area contributed by atoms with Crippen molar-refractivity contribution in [3.05, 3.63) is 39.9 Å². The van der Waals surface area contributed by atoms with E-state index in [1.165, 1.54) is 35.1 Å². The number of hydrogen-bond acceptors (Lipinski definition) is 4. The zero-order valence-electron chi connectivity index (χ0n) is 20.0. The summed E-state index contributed by atoms with van der Waals surface area (Å²) < 4.78 is 0. The van der Waals surface area contributed by atoms with Crippen LogP contribution in [0.2, 0.25) is 10.0 Å². The molecule has 34 heavy (non-hydrogen) atoms. The molecule has 0 spiro atoms. The summed E-state index contributed by atoms with van der Waals surface area (Å²) in [5, 5.41) is 0.841. The number of piperazine rings is 1. The number of likely N-dealkylation sites (tertiary alicyclic amines) is 1. The molecule has 1 unspecified atom stereocenters. The van der Waals surface area contributed by atoms with Gasteiger partial charge in [0.25, 0.3) is 0 Å². The lowest BCUT2D eigenvalue weighted by atomic mass is 10.1. The standard InChI is InChI=1S/C25H34Cl2N4O3/c1-28(2)24(33)18-22-25(34)30(14-6-13-29-11-4-3-5-12-29)15-16-31(22)23(32)10-8-19-7-9-20(26)21(27)17-19/h7-10,17,22H,3-6,11-16,18H2,1-2H3. The summed E-state index contributed by atoms with van der Waals surface area (Å²) in [7, 11) is 3.31. The zero-order chi connectivity index (χ0) is 24.7. The van der Waals surface area contributed by atoms with Crippen LogP contribution in [-0.2, 0) is 14.4 Å². The number of piperidine rings is 1. The van der Waals surface area contributed by atoms with Crippen LogP contribution in [0.5, 0.6) is 0 Å². The lowest BCUT2D eigenvalue weighted by molar-refractivity contribution is -0.152. The molecule has 7 nitrogen and oxygen atoms in total. The molecule has 0 bridgehead atoms. The molecular weight excluding hydrogens is 475 g/mol. The Balaban J connectivity index is 1.66. The second-order valence-electron chi connectivity index (χ2n) is 9.13. The van der Waals surface area contributed by atoms with E-state index in [0.717, 1.165) is 31.6 Å². The Morgan fingerprint density at radius 2 is 1.76 bits per heavy atom. The first-order chi connectivity index (χ1) is 16.3. The van der Waals surface area contributed by atoms with E-state index in [0.29, 0.717) is 29.7 Å². The van der Waals surface area contributed by atoms with Crippen molar-refractivity contribution in [3.8, 4) is 0 Å². The SMILES string of the molecule is CN(C)C(=O)CC1C(=O)N(CCCN2CCCCC2)CCN1C(=O)C=Cc1ccc(Cl)c(Cl)c1. The number of hydrogen-bond donors (Lipinski definition) is 0. The summed E-state index contributed by atoms with van der Waals surface area (Å²) >= 11 is 12.0. The molecule has 3 rings (SSSR count). The van der Waals surface area contributed by atoms with Crippen molar-refractivity contribution in [2.24, 2.45) is 0 Å². The van der Waals surface area contributed by atoms with Crippen LogP contribution in [0.4, 0.5) is 0 Å². The van der Waals surface area contributed by atoms with E-state index in [4.69, 9.17) is 23.2 Å². The molecule has 0 N–H and O–H groups in total. The Bertz CT molecular complexity index is 915. The normalized spacial score (nSPS) is 19.6. The molecule has 0 radical (unpaired) electrons. The summed E-state index contributed by atoms with van der Waals surface area (Å²) in [6.07, 6.45) is 7.71. The van der Waals surface area contributed by atoms with Crippen molar-refractivity contribution in [1.82, 2.24) is 19.6 Å². The Labute approximate surface area is 212 Å². The van der Waals surface area contributed by atoms with Gasteiger partial charge < -0.3 is 19.6 Å². The number of amides is 3. The molecule has 186 valence electrons. The smallest absolute Gasteiger partial charge is 0.247 e. The molecule has 2 aliphatic rings. The Kier molecular flexibility index (Phi) is 9.80. The lowest BCUT2D eigenvalue weighted by Gasteiger charge is -2.40. The van der Waals surface area contributed by atoms with Gasteiger partial charge in [0.2, 0.25) is 17.7 Å². The molecule has 2 saturated heterocycles. The summed E-state index contributed by atoms with van der Waals surface area (Å²) in [4.78, 5) is 46.1. The van der Waals surface area contributed by atoms with Gasteiger partial charge in [-0.1, -0.05) is 35.7 Å². The minimum atomic E-state index is -0.801. The predicted molar refractivity (Wildman–Crippen MR) is 136 cm³/mol. The first-order valence-corrected chi connectivity index (χ1v) is 12.7. The number of rotatable bonds is 8. The van der Waals surface area contributed by atoms with Gasteiger partial charge >= 0.3 is 0 Å². The molecule has 0 saturated carbocycles. The largest absolute Gasteiger partial charge is 0.349 e. The number of benzene rings is 1. The van der Waals surface area contributed by atoms with Crippen LogP contribution < -0.4 is 0 Å². The average Bonchev–Trinajstić information content (AvgIpc) is 2.82. The second kappa shape index (κ2) is 12.6. The van der Waals surface area contributed by atoms with Crippen LogP contribution in [0.3, 0.4) is 0 Å². The number of carbonyl (C=O) groups is 3. The Hall–Kier alpha value is -2.09. The van der Waals surface area contributed by atoms with Crippen molar-refractivity contribution < 1.29 is 14.4 Å². The highest BCUT2D eigenvalue weighted by molar-refractivity contribution is 6.42. The highest BCUT2D eigenvalue weighted by atomic mass is 35.5. The topological polar surface area (TPSA) is 64.2 Å². The monoisotopic (exact) mass is 508 g/mol. The maximum absolute atomic E-state index is 13.3. The van der Waals surface area contributed by atoms with Crippen LogP contribution in [0.25, 0.3) is 6.08 Å². The third-order valence-electron chi connectivity index (χ3n) is 6.45. The summed E-state index contributed by atoms with van der Waals surface area (Å²) in [6.45, 7) is 4.73. The van der Waals surface area contributed by atoms with Gasteiger partial charge in [0.05, 0.1) is 16.5 Å². The van der Waals surface area contributed by atoms with Crippen molar-refractivity contribution in [2.75, 3.05) is 53.4 Å². The number of carbonyl (C=O) groups excluding carboxylic acids is 3. The van der Waals surface area contributed by atoms with Gasteiger partial charge in [-0.3, -0.25) is 14.4 Å². The molecule has 1 atom stereocenters. The van der Waals surface area contributed by atoms with E-state index >= 15 is 0 Å².